The zero-order chi connectivity index (χ0) is 15.1. The van der Waals surface area contributed by atoms with E-state index in [-0.39, 0.29) is 6.04 Å². The van der Waals surface area contributed by atoms with Crippen molar-refractivity contribution in [3.8, 4) is 0 Å². The molecule has 1 atom stereocenters. The van der Waals surface area contributed by atoms with Crippen molar-refractivity contribution in [1.29, 1.82) is 0 Å². The van der Waals surface area contributed by atoms with E-state index in [0.717, 1.165) is 17.2 Å². The van der Waals surface area contributed by atoms with Crippen molar-refractivity contribution >= 4 is 23.4 Å². The Morgan fingerprint density at radius 1 is 1.33 bits per heavy atom. The van der Waals surface area contributed by atoms with Gasteiger partial charge in [-0.2, -0.15) is 11.8 Å². The molecule has 0 fully saturated rings. The van der Waals surface area contributed by atoms with Crippen LogP contribution in [0.1, 0.15) is 31.1 Å². The first-order valence-electron chi connectivity index (χ1n) is 7.04. The van der Waals surface area contributed by atoms with Gasteiger partial charge in [0.25, 0.3) is 0 Å². The molecule has 0 bridgehead atoms. The highest BCUT2D eigenvalue weighted by Gasteiger charge is 2.17. The summed E-state index contributed by atoms with van der Waals surface area (Å²) in [6.07, 6.45) is 0. The Morgan fingerprint density at radius 2 is 2.10 bits per heavy atom. The first kappa shape index (κ1) is 16.3. The molecule has 0 aliphatic heterocycles. The summed E-state index contributed by atoms with van der Waals surface area (Å²) in [6.45, 7) is 5.37. The van der Waals surface area contributed by atoms with Gasteiger partial charge < -0.3 is 4.74 Å². The Labute approximate surface area is 134 Å². The molecule has 0 radical (unpaired) electrons. The van der Waals surface area contributed by atoms with E-state index in [1.54, 1.807) is 0 Å². The van der Waals surface area contributed by atoms with Crippen LogP contribution in [0, 0.1) is 0 Å². The van der Waals surface area contributed by atoms with Crippen LogP contribution in [0.3, 0.4) is 0 Å². The van der Waals surface area contributed by atoms with Crippen molar-refractivity contribution in [1.82, 2.24) is 15.0 Å². The molecule has 0 saturated heterocycles. The normalized spacial score (nSPS) is 12.5. The minimum absolute atomic E-state index is 0.0785. The monoisotopic (exact) mass is 325 g/mol. The van der Waals surface area contributed by atoms with E-state index in [4.69, 9.17) is 16.3 Å². The molecule has 0 amide bonds. The number of aromatic nitrogens is 3. The summed E-state index contributed by atoms with van der Waals surface area (Å²) in [5.74, 6) is 2.10. The molecule has 0 saturated carbocycles. The number of rotatable bonds is 8. The van der Waals surface area contributed by atoms with Gasteiger partial charge in [0.15, 0.2) is 5.15 Å². The predicted octanol–water partition coefficient (Wildman–Crippen LogP) is 3.81. The van der Waals surface area contributed by atoms with Crippen LogP contribution in [0.15, 0.2) is 30.3 Å². The summed E-state index contributed by atoms with van der Waals surface area (Å²) in [7, 11) is 0. The molecule has 0 unspecified atom stereocenters. The number of hydrogen-bond acceptors (Lipinski definition) is 4. The molecule has 0 N–H and O–H groups in total. The van der Waals surface area contributed by atoms with Crippen molar-refractivity contribution in [2.45, 2.75) is 26.5 Å². The van der Waals surface area contributed by atoms with Crippen LogP contribution in [-0.4, -0.2) is 33.1 Å². The van der Waals surface area contributed by atoms with Gasteiger partial charge >= 0.3 is 0 Å². The SMILES string of the molecule is CCSCCOCc1c(Cl)nnn1[C@H](C)c1ccccc1. The molecule has 1 aromatic heterocycles. The number of halogens is 1. The fourth-order valence-corrected chi connectivity index (χ4v) is 2.73. The Hall–Kier alpha value is -1.04. The first-order chi connectivity index (χ1) is 10.2. The van der Waals surface area contributed by atoms with Gasteiger partial charge in [-0.15, -0.1) is 5.10 Å². The van der Waals surface area contributed by atoms with E-state index in [2.05, 4.69) is 36.3 Å². The van der Waals surface area contributed by atoms with Crippen molar-refractivity contribution in [2.75, 3.05) is 18.1 Å². The largest absolute Gasteiger partial charge is 0.374 e. The molecule has 0 spiro atoms. The molecule has 6 heteroatoms. The van der Waals surface area contributed by atoms with Crippen LogP contribution < -0.4 is 0 Å². The summed E-state index contributed by atoms with van der Waals surface area (Å²) in [4.78, 5) is 0. The van der Waals surface area contributed by atoms with E-state index < -0.39 is 0 Å². The van der Waals surface area contributed by atoms with E-state index >= 15 is 0 Å². The third-order valence-corrected chi connectivity index (χ3v) is 4.36. The molecular weight excluding hydrogens is 306 g/mol. The maximum Gasteiger partial charge on any atom is 0.176 e. The van der Waals surface area contributed by atoms with Crippen LogP contribution in [-0.2, 0) is 11.3 Å². The highest BCUT2D eigenvalue weighted by atomic mass is 35.5. The third kappa shape index (κ3) is 4.46. The zero-order valence-electron chi connectivity index (χ0n) is 12.3. The van der Waals surface area contributed by atoms with Gasteiger partial charge in [-0.25, -0.2) is 4.68 Å². The Kier molecular flexibility index (Phi) is 6.54. The van der Waals surface area contributed by atoms with Gasteiger partial charge in [0.1, 0.15) is 5.69 Å². The lowest BCUT2D eigenvalue weighted by molar-refractivity contribution is 0.129. The Bertz CT molecular complexity index is 547. The van der Waals surface area contributed by atoms with E-state index in [0.29, 0.717) is 18.4 Å². The van der Waals surface area contributed by atoms with Gasteiger partial charge in [0.2, 0.25) is 0 Å². The van der Waals surface area contributed by atoms with Crippen LogP contribution in [0.4, 0.5) is 0 Å². The summed E-state index contributed by atoms with van der Waals surface area (Å²) >= 11 is 8.00. The number of thioether (sulfide) groups is 1. The van der Waals surface area contributed by atoms with Crippen LogP contribution >= 0.6 is 23.4 Å². The lowest BCUT2D eigenvalue weighted by Crippen LogP contribution is -2.13. The third-order valence-electron chi connectivity index (χ3n) is 3.21. The van der Waals surface area contributed by atoms with Crippen molar-refractivity contribution < 1.29 is 4.74 Å². The molecule has 2 aromatic rings. The number of hydrogen-bond donors (Lipinski definition) is 0. The predicted molar refractivity (Wildman–Crippen MR) is 87.9 cm³/mol. The van der Waals surface area contributed by atoms with Crippen LogP contribution in [0.2, 0.25) is 5.15 Å². The van der Waals surface area contributed by atoms with Gasteiger partial charge in [0.05, 0.1) is 19.3 Å². The second kappa shape index (κ2) is 8.41. The molecule has 21 heavy (non-hydrogen) atoms. The first-order valence-corrected chi connectivity index (χ1v) is 8.57. The summed E-state index contributed by atoms with van der Waals surface area (Å²) < 4.78 is 7.52. The van der Waals surface area contributed by atoms with Crippen molar-refractivity contribution in [2.24, 2.45) is 0 Å². The van der Waals surface area contributed by atoms with Crippen LogP contribution in [0.5, 0.6) is 0 Å². The topological polar surface area (TPSA) is 39.9 Å². The molecule has 1 aromatic carbocycles. The highest BCUT2D eigenvalue weighted by molar-refractivity contribution is 7.99. The number of benzene rings is 1. The second-order valence-electron chi connectivity index (χ2n) is 4.61. The van der Waals surface area contributed by atoms with Crippen molar-refractivity contribution in [3.63, 3.8) is 0 Å². The second-order valence-corrected chi connectivity index (χ2v) is 6.36. The average molecular weight is 326 g/mol. The van der Waals surface area contributed by atoms with E-state index in [1.807, 2.05) is 34.6 Å². The summed E-state index contributed by atoms with van der Waals surface area (Å²) in [6, 6.07) is 10.3. The Morgan fingerprint density at radius 3 is 2.81 bits per heavy atom. The fraction of sp³-hybridized carbons (Fsp3) is 0.467. The molecule has 1 heterocycles. The van der Waals surface area contributed by atoms with Crippen LogP contribution in [0.25, 0.3) is 0 Å². The van der Waals surface area contributed by atoms with Crippen molar-refractivity contribution in [3.05, 3.63) is 46.7 Å². The fourth-order valence-electron chi connectivity index (χ4n) is 2.03. The molecule has 0 aliphatic carbocycles. The lowest BCUT2D eigenvalue weighted by atomic mass is 10.1. The molecule has 114 valence electrons. The lowest BCUT2D eigenvalue weighted by Gasteiger charge is -2.15. The summed E-state index contributed by atoms with van der Waals surface area (Å²) in [5, 5.41) is 8.55. The van der Waals surface area contributed by atoms with Gasteiger partial charge in [0, 0.05) is 5.75 Å². The molecule has 4 nitrogen and oxygen atoms in total. The van der Waals surface area contributed by atoms with Gasteiger partial charge in [-0.1, -0.05) is 54.1 Å². The number of ether oxygens (including phenoxy) is 1. The smallest absolute Gasteiger partial charge is 0.176 e. The van der Waals surface area contributed by atoms with E-state index in [9.17, 15) is 0 Å². The van der Waals surface area contributed by atoms with E-state index in [1.165, 1.54) is 5.56 Å². The maximum absolute atomic E-state index is 6.14. The molecule has 0 aliphatic rings. The average Bonchev–Trinajstić information content (AvgIpc) is 2.88. The maximum atomic E-state index is 6.14. The standard InChI is InChI=1S/C15H20ClN3OS/c1-3-21-10-9-20-11-14-15(16)17-18-19(14)12(2)13-7-5-4-6-8-13/h4-8,12H,3,9-11H2,1-2H3/t12-/m1/s1. The molecular formula is C15H20ClN3OS. The van der Waals surface area contributed by atoms with Gasteiger partial charge in [-0.05, 0) is 18.2 Å². The summed E-state index contributed by atoms with van der Waals surface area (Å²) in [5.41, 5.74) is 2.00. The Balaban J connectivity index is 2.04. The number of nitrogens with zero attached hydrogens (tertiary/aromatic N) is 3. The quantitative estimate of drug-likeness (QED) is 0.692. The van der Waals surface area contributed by atoms with Gasteiger partial charge in [-0.3, -0.25) is 0 Å². The zero-order valence-corrected chi connectivity index (χ0v) is 13.9. The molecule has 2 rings (SSSR count). The highest BCUT2D eigenvalue weighted by Crippen LogP contribution is 2.22. The minimum Gasteiger partial charge on any atom is -0.374 e. The minimum atomic E-state index is 0.0785.